The summed E-state index contributed by atoms with van der Waals surface area (Å²) in [5, 5.41) is -5.82. The minimum absolute atomic E-state index is 0.335. The third-order valence-corrected chi connectivity index (χ3v) is 3.61. The summed E-state index contributed by atoms with van der Waals surface area (Å²) in [5.74, 6) is -11.1. The van der Waals surface area contributed by atoms with Crippen molar-refractivity contribution >= 4 is 23.5 Å². The first-order valence-electron chi connectivity index (χ1n) is 7.51. The van der Waals surface area contributed by atoms with E-state index in [-0.39, 0.29) is 0 Å². The Morgan fingerprint density at radius 2 is 1.16 bits per heavy atom. The predicted molar refractivity (Wildman–Crippen MR) is 81.4 cm³/mol. The normalized spacial score (nSPS) is 15.0. The molecule has 0 aliphatic carbocycles. The van der Waals surface area contributed by atoms with Gasteiger partial charge in [-0.15, -0.1) is 0 Å². The Kier molecular flexibility index (Phi) is 7.58. The highest BCUT2D eigenvalue weighted by Gasteiger charge is 2.78. The molecule has 0 amide bonds. The van der Waals surface area contributed by atoms with E-state index in [9.17, 15) is 53.5 Å². The molecule has 1 unspecified atom stereocenters. The minimum Gasteiger partial charge on any atom is -0.465 e. The highest BCUT2D eigenvalue weighted by atomic mass is 35.5. The molecule has 0 bridgehead atoms. The SMILES string of the molecule is COC(=O)c1cc(OC(F)(F)C(F)(Cl)OC(F)(F)C(F)(F)C(F)(F)F)cc(C(=O)OC)c1. The summed E-state index contributed by atoms with van der Waals surface area (Å²) >= 11 is 4.35. The average molecular weight is 511 g/mol. The van der Waals surface area contributed by atoms with Crippen LogP contribution < -0.4 is 4.74 Å². The second-order valence-electron chi connectivity index (χ2n) is 5.56. The molecule has 0 saturated heterocycles. The summed E-state index contributed by atoms with van der Waals surface area (Å²) in [6.07, 6.45) is -19.9. The van der Waals surface area contributed by atoms with Gasteiger partial charge >= 0.3 is 41.6 Å². The van der Waals surface area contributed by atoms with Gasteiger partial charge in [-0.1, -0.05) is 0 Å². The molecule has 1 aromatic carbocycles. The Morgan fingerprint density at radius 1 is 0.750 bits per heavy atom. The molecule has 1 rings (SSSR count). The maximum Gasteiger partial charge on any atom is 0.475 e. The maximum absolute atomic E-state index is 14.0. The molecule has 1 atom stereocenters. The summed E-state index contributed by atoms with van der Waals surface area (Å²) in [6, 6.07) is 1.38. The molecule has 17 heteroatoms. The van der Waals surface area contributed by atoms with Crippen molar-refractivity contribution in [3.63, 3.8) is 0 Å². The van der Waals surface area contributed by atoms with Gasteiger partial charge in [0.15, 0.2) is 0 Å². The van der Waals surface area contributed by atoms with Gasteiger partial charge in [0, 0.05) is 0 Å². The van der Waals surface area contributed by atoms with Crippen LogP contribution >= 0.6 is 11.6 Å². The van der Waals surface area contributed by atoms with Crippen LogP contribution in [0.5, 0.6) is 5.75 Å². The van der Waals surface area contributed by atoms with E-state index in [0.717, 1.165) is 14.2 Å². The number of hydrogen-bond acceptors (Lipinski definition) is 6. The summed E-state index contributed by atoms with van der Waals surface area (Å²) in [4.78, 5) is 23.1. The summed E-state index contributed by atoms with van der Waals surface area (Å²) in [6.45, 7) is 0. The van der Waals surface area contributed by atoms with Crippen LogP contribution in [-0.2, 0) is 14.2 Å². The minimum atomic E-state index is -7.15. The van der Waals surface area contributed by atoms with Gasteiger partial charge in [0.05, 0.1) is 25.3 Å². The topological polar surface area (TPSA) is 71.1 Å². The van der Waals surface area contributed by atoms with E-state index in [2.05, 4.69) is 30.5 Å². The van der Waals surface area contributed by atoms with Crippen molar-refractivity contribution in [2.45, 2.75) is 29.6 Å². The van der Waals surface area contributed by atoms with Crippen molar-refractivity contribution in [1.29, 1.82) is 0 Å². The standard InChI is InChI=1S/C15H9ClF10O6/c1-29-9(27)6-3-7(10(28)30-2)5-8(4-6)31-15(25,26)12(16,19)32-14(23,24)11(17,18)13(20,21)22/h3-5H,1-2H3. The summed E-state index contributed by atoms with van der Waals surface area (Å²) < 4.78 is 144. The summed E-state index contributed by atoms with van der Waals surface area (Å²) in [7, 11) is 1.62. The highest BCUT2D eigenvalue weighted by Crippen LogP contribution is 2.52. The fourth-order valence-electron chi connectivity index (χ4n) is 1.79. The van der Waals surface area contributed by atoms with E-state index in [1.165, 1.54) is 0 Å². The van der Waals surface area contributed by atoms with Crippen molar-refractivity contribution < 1.29 is 72.4 Å². The Labute approximate surface area is 175 Å². The van der Waals surface area contributed by atoms with Crippen LogP contribution in [0.3, 0.4) is 0 Å². The average Bonchev–Trinajstić information content (AvgIpc) is 2.63. The van der Waals surface area contributed by atoms with Crippen LogP contribution in [0.4, 0.5) is 43.9 Å². The first kappa shape index (κ1) is 27.5. The van der Waals surface area contributed by atoms with Crippen LogP contribution in [0.1, 0.15) is 20.7 Å². The molecule has 0 radical (unpaired) electrons. The Hall–Kier alpha value is -2.49. The Bertz CT molecular complexity index is 837. The van der Waals surface area contributed by atoms with E-state index in [0.29, 0.717) is 18.2 Å². The van der Waals surface area contributed by atoms with Gasteiger partial charge in [0.2, 0.25) is 0 Å². The lowest BCUT2D eigenvalue weighted by Gasteiger charge is -2.34. The molecule has 0 saturated carbocycles. The van der Waals surface area contributed by atoms with Gasteiger partial charge in [0.25, 0.3) is 0 Å². The number of rotatable bonds is 8. The van der Waals surface area contributed by atoms with Crippen molar-refractivity contribution in [2.24, 2.45) is 0 Å². The van der Waals surface area contributed by atoms with Crippen molar-refractivity contribution in [3.05, 3.63) is 29.3 Å². The van der Waals surface area contributed by atoms with Gasteiger partial charge < -0.3 is 14.2 Å². The number of benzene rings is 1. The third-order valence-electron chi connectivity index (χ3n) is 3.31. The highest BCUT2D eigenvalue weighted by molar-refractivity contribution is 6.22. The van der Waals surface area contributed by atoms with E-state index in [1.807, 2.05) is 0 Å². The van der Waals surface area contributed by atoms with Crippen LogP contribution in [-0.4, -0.2) is 55.8 Å². The molecule has 182 valence electrons. The largest absolute Gasteiger partial charge is 0.475 e. The number of ether oxygens (including phenoxy) is 4. The number of carbonyl (C=O) groups is 2. The molecule has 1 aromatic rings. The van der Waals surface area contributed by atoms with Crippen molar-refractivity contribution in [3.8, 4) is 5.75 Å². The second-order valence-corrected chi connectivity index (χ2v) is 6.04. The zero-order chi connectivity index (χ0) is 25.3. The zero-order valence-corrected chi connectivity index (χ0v) is 16.1. The maximum atomic E-state index is 14.0. The molecule has 0 spiro atoms. The Morgan fingerprint density at radius 3 is 1.50 bits per heavy atom. The second kappa shape index (κ2) is 8.80. The number of halogens is 11. The van der Waals surface area contributed by atoms with E-state index < -0.39 is 58.4 Å². The molecule has 6 nitrogen and oxygen atoms in total. The molecule has 0 N–H and O–H groups in total. The van der Waals surface area contributed by atoms with Crippen LogP contribution in [0.15, 0.2) is 18.2 Å². The molecule has 0 aliphatic rings. The number of methoxy groups -OCH3 is 2. The van der Waals surface area contributed by atoms with E-state index >= 15 is 0 Å². The predicted octanol–water partition coefficient (Wildman–Crippen LogP) is 4.90. The zero-order valence-electron chi connectivity index (χ0n) is 15.3. The van der Waals surface area contributed by atoms with Gasteiger partial charge in [0.1, 0.15) is 5.75 Å². The van der Waals surface area contributed by atoms with Gasteiger partial charge in [-0.25, -0.2) is 9.59 Å². The first-order chi connectivity index (χ1) is 14.2. The molecule has 0 aliphatic heterocycles. The van der Waals surface area contributed by atoms with Crippen molar-refractivity contribution in [2.75, 3.05) is 14.2 Å². The van der Waals surface area contributed by atoms with Crippen molar-refractivity contribution in [1.82, 2.24) is 0 Å². The quantitative estimate of drug-likeness (QED) is 0.281. The number of esters is 2. The molecule has 0 aromatic heterocycles. The van der Waals surface area contributed by atoms with E-state index in [1.54, 1.807) is 0 Å². The number of carbonyl (C=O) groups excluding carboxylic acids is 2. The van der Waals surface area contributed by atoms with Crippen LogP contribution in [0.2, 0.25) is 0 Å². The molecule has 0 heterocycles. The summed E-state index contributed by atoms with van der Waals surface area (Å²) in [5.41, 5.74) is -1.43. The molecule has 0 fully saturated rings. The fourth-order valence-corrected chi connectivity index (χ4v) is 1.92. The van der Waals surface area contributed by atoms with E-state index in [4.69, 9.17) is 0 Å². The van der Waals surface area contributed by atoms with Gasteiger partial charge in [-0.05, 0) is 29.8 Å². The van der Waals surface area contributed by atoms with Crippen LogP contribution in [0.25, 0.3) is 0 Å². The van der Waals surface area contributed by atoms with Crippen LogP contribution in [0, 0.1) is 0 Å². The lowest BCUT2D eigenvalue weighted by Crippen LogP contribution is -2.59. The molecular formula is C15H9ClF10O6. The number of alkyl halides is 11. The lowest BCUT2D eigenvalue weighted by atomic mass is 10.1. The Balaban J connectivity index is 3.36. The third kappa shape index (κ3) is 5.46. The first-order valence-corrected chi connectivity index (χ1v) is 7.89. The molecular weight excluding hydrogens is 502 g/mol. The lowest BCUT2D eigenvalue weighted by molar-refractivity contribution is -0.469. The van der Waals surface area contributed by atoms with Gasteiger partial charge in [-0.2, -0.15) is 43.9 Å². The smallest absolute Gasteiger partial charge is 0.465 e. The van der Waals surface area contributed by atoms with Gasteiger partial charge in [-0.3, -0.25) is 4.74 Å². The molecule has 32 heavy (non-hydrogen) atoms. The fraction of sp³-hybridized carbons (Fsp3) is 0.467. The monoisotopic (exact) mass is 510 g/mol. The number of hydrogen-bond donors (Lipinski definition) is 0.